The number of ether oxygens (including phenoxy) is 1. The van der Waals surface area contributed by atoms with Crippen LogP contribution in [0.2, 0.25) is 0 Å². The van der Waals surface area contributed by atoms with Gasteiger partial charge in [-0.15, -0.1) is 0 Å². The molecular formula is C6H10N2O4. The van der Waals surface area contributed by atoms with E-state index in [9.17, 15) is 14.4 Å². The van der Waals surface area contributed by atoms with Gasteiger partial charge in [-0.1, -0.05) is 0 Å². The first-order valence-electron chi connectivity index (χ1n) is 3.24. The minimum Gasteiger partial charge on any atom is -0.391 e. The molecule has 0 aliphatic heterocycles. The lowest BCUT2D eigenvalue weighted by Crippen LogP contribution is -2.31. The zero-order valence-electron chi connectivity index (χ0n) is 6.62. The van der Waals surface area contributed by atoms with E-state index in [0.717, 1.165) is 0 Å². The van der Waals surface area contributed by atoms with Crippen molar-refractivity contribution >= 4 is 17.8 Å². The monoisotopic (exact) mass is 174 g/mol. The van der Waals surface area contributed by atoms with Gasteiger partial charge in [-0.3, -0.25) is 9.59 Å². The van der Waals surface area contributed by atoms with Crippen LogP contribution in [0.5, 0.6) is 0 Å². The van der Waals surface area contributed by atoms with Crippen LogP contribution in [0.1, 0.15) is 6.92 Å². The second-order valence-corrected chi connectivity index (χ2v) is 1.96. The standard InChI is InChI=1S/C6H10N2O4/c1-4(9)8-3-6(11)12-5(10)2-7/h2-3,7H2,1H3,(H,8,9). The maximum absolute atomic E-state index is 10.6. The topological polar surface area (TPSA) is 98.5 Å². The fraction of sp³-hybridized carbons (Fsp3) is 0.500. The van der Waals surface area contributed by atoms with Crippen LogP contribution in [0.15, 0.2) is 0 Å². The molecule has 6 heteroatoms. The summed E-state index contributed by atoms with van der Waals surface area (Å²) in [6.45, 7) is 0.574. The van der Waals surface area contributed by atoms with Crippen LogP contribution in [0.4, 0.5) is 0 Å². The molecule has 0 aromatic carbocycles. The SMILES string of the molecule is CC(=O)NCC(=O)OC(=O)CN. The molecule has 0 saturated heterocycles. The number of carbonyl (C=O) groups is 3. The summed E-state index contributed by atoms with van der Waals surface area (Å²) in [5, 5.41) is 2.17. The molecule has 0 spiro atoms. The number of hydrogen-bond donors (Lipinski definition) is 2. The lowest BCUT2D eigenvalue weighted by molar-refractivity contribution is -0.158. The van der Waals surface area contributed by atoms with Crippen LogP contribution >= 0.6 is 0 Å². The molecule has 0 saturated carbocycles. The third-order valence-corrected chi connectivity index (χ3v) is 0.876. The Hall–Kier alpha value is -1.43. The number of hydrogen-bond acceptors (Lipinski definition) is 5. The summed E-state index contributed by atoms with van der Waals surface area (Å²) in [6.07, 6.45) is 0. The Kier molecular flexibility index (Phi) is 4.62. The van der Waals surface area contributed by atoms with E-state index in [4.69, 9.17) is 5.73 Å². The Bertz CT molecular complexity index is 202. The fourth-order valence-corrected chi connectivity index (χ4v) is 0.401. The van der Waals surface area contributed by atoms with Crippen LogP contribution in [0, 0.1) is 0 Å². The van der Waals surface area contributed by atoms with Gasteiger partial charge in [0.25, 0.3) is 0 Å². The fourth-order valence-electron chi connectivity index (χ4n) is 0.401. The van der Waals surface area contributed by atoms with E-state index in [0.29, 0.717) is 0 Å². The maximum Gasteiger partial charge on any atom is 0.333 e. The van der Waals surface area contributed by atoms with Crippen molar-refractivity contribution in [3.8, 4) is 0 Å². The van der Waals surface area contributed by atoms with Crippen molar-refractivity contribution in [2.24, 2.45) is 5.73 Å². The molecule has 12 heavy (non-hydrogen) atoms. The summed E-state index contributed by atoms with van der Waals surface area (Å²) in [4.78, 5) is 31.3. The van der Waals surface area contributed by atoms with Crippen molar-refractivity contribution < 1.29 is 19.1 Å². The molecule has 3 N–H and O–H groups in total. The van der Waals surface area contributed by atoms with E-state index in [1.54, 1.807) is 0 Å². The van der Waals surface area contributed by atoms with Crippen LogP contribution in [-0.4, -0.2) is 30.9 Å². The second kappa shape index (κ2) is 5.25. The number of esters is 2. The summed E-state index contributed by atoms with van der Waals surface area (Å²) >= 11 is 0. The van der Waals surface area contributed by atoms with E-state index < -0.39 is 11.9 Å². The predicted molar refractivity (Wildman–Crippen MR) is 38.8 cm³/mol. The Morgan fingerprint density at radius 1 is 1.33 bits per heavy atom. The van der Waals surface area contributed by atoms with Gasteiger partial charge in [0.1, 0.15) is 6.54 Å². The number of carbonyl (C=O) groups excluding carboxylic acids is 3. The van der Waals surface area contributed by atoms with Crippen LogP contribution in [0.25, 0.3) is 0 Å². The van der Waals surface area contributed by atoms with Crippen molar-refractivity contribution in [1.82, 2.24) is 5.32 Å². The molecule has 0 fully saturated rings. The van der Waals surface area contributed by atoms with E-state index >= 15 is 0 Å². The Morgan fingerprint density at radius 3 is 2.33 bits per heavy atom. The Labute approximate surface area is 69.1 Å². The van der Waals surface area contributed by atoms with Crippen LogP contribution in [-0.2, 0) is 19.1 Å². The van der Waals surface area contributed by atoms with Gasteiger partial charge in [0.05, 0.1) is 6.54 Å². The summed E-state index contributed by atoms with van der Waals surface area (Å²) in [5.74, 6) is -2.00. The molecule has 1 amide bonds. The molecule has 0 unspecified atom stereocenters. The van der Waals surface area contributed by atoms with Gasteiger partial charge in [0, 0.05) is 6.92 Å². The molecule has 0 atom stereocenters. The summed E-state index contributed by atoms with van der Waals surface area (Å²) in [7, 11) is 0. The first kappa shape index (κ1) is 10.6. The molecule has 0 heterocycles. The maximum atomic E-state index is 10.6. The third kappa shape index (κ3) is 5.36. The summed E-state index contributed by atoms with van der Waals surface area (Å²) < 4.78 is 4.13. The van der Waals surface area contributed by atoms with Crippen LogP contribution in [0.3, 0.4) is 0 Å². The van der Waals surface area contributed by atoms with Gasteiger partial charge in [-0.25, -0.2) is 4.79 Å². The Balaban J connectivity index is 3.60. The number of rotatable bonds is 3. The highest BCUT2D eigenvalue weighted by atomic mass is 16.6. The Morgan fingerprint density at radius 2 is 1.92 bits per heavy atom. The molecule has 0 aromatic rings. The van der Waals surface area contributed by atoms with E-state index in [-0.39, 0.29) is 19.0 Å². The predicted octanol–water partition coefficient (Wildman–Crippen LogP) is -1.85. The van der Waals surface area contributed by atoms with Gasteiger partial charge in [0.2, 0.25) is 5.91 Å². The number of amides is 1. The molecular weight excluding hydrogens is 164 g/mol. The minimum atomic E-state index is -0.819. The van der Waals surface area contributed by atoms with E-state index in [2.05, 4.69) is 10.1 Å². The quantitative estimate of drug-likeness (QED) is 0.386. The molecule has 0 bridgehead atoms. The molecule has 0 aromatic heterocycles. The van der Waals surface area contributed by atoms with Gasteiger partial charge in [-0.05, 0) is 0 Å². The first-order valence-corrected chi connectivity index (χ1v) is 3.24. The molecule has 0 aliphatic rings. The average molecular weight is 174 g/mol. The second-order valence-electron chi connectivity index (χ2n) is 1.96. The number of nitrogens with one attached hydrogen (secondary N) is 1. The zero-order valence-corrected chi connectivity index (χ0v) is 6.62. The van der Waals surface area contributed by atoms with Crippen LogP contribution < -0.4 is 11.1 Å². The minimum absolute atomic E-state index is 0.318. The largest absolute Gasteiger partial charge is 0.391 e. The van der Waals surface area contributed by atoms with Crippen molar-refractivity contribution in [3.63, 3.8) is 0 Å². The molecule has 0 radical (unpaired) electrons. The van der Waals surface area contributed by atoms with Crippen molar-refractivity contribution in [1.29, 1.82) is 0 Å². The van der Waals surface area contributed by atoms with Gasteiger partial charge in [0.15, 0.2) is 0 Å². The summed E-state index contributed by atoms with van der Waals surface area (Å²) in [5.41, 5.74) is 4.86. The van der Waals surface area contributed by atoms with E-state index in [1.807, 2.05) is 0 Å². The van der Waals surface area contributed by atoms with E-state index in [1.165, 1.54) is 6.92 Å². The molecule has 0 rings (SSSR count). The molecule has 6 nitrogen and oxygen atoms in total. The first-order chi connectivity index (χ1) is 5.56. The molecule has 0 aliphatic carbocycles. The van der Waals surface area contributed by atoms with Gasteiger partial charge >= 0.3 is 11.9 Å². The lowest BCUT2D eigenvalue weighted by atomic mass is 10.6. The highest BCUT2D eigenvalue weighted by molar-refractivity contribution is 5.89. The van der Waals surface area contributed by atoms with Crippen molar-refractivity contribution in [2.75, 3.05) is 13.1 Å². The number of nitrogens with two attached hydrogens (primary N) is 1. The van der Waals surface area contributed by atoms with Crippen molar-refractivity contribution in [3.05, 3.63) is 0 Å². The smallest absolute Gasteiger partial charge is 0.333 e. The van der Waals surface area contributed by atoms with Gasteiger partial charge in [-0.2, -0.15) is 0 Å². The normalized spacial score (nSPS) is 8.83. The lowest BCUT2D eigenvalue weighted by Gasteiger charge is -2.00. The molecule has 68 valence electrons. The zero-order chi connectivity index (χ0) is 9.56. The van der Waals surface area contributed by atoms with Gasteiger partial charge < -0.3 is 15.8 Å². The van der Waals surface area contributed by atoms with Crippen molar-refractivity contribution in [2.45, 2.75) is 6.92 Å². The highest BCUT2D eigenvalue weighted by Crippen LogP contribution is 1.77. The summed E-state index contributed by atoms with van der Waals surface area (Å²) in [6, 6.07) is 0. The third-order valence-electron chi connectivity index (χ3n) is 0.876. The average Bonchev–Trinajstić information content (AvgIpc) is 2.00. The highest BCUT2D eigenvalue weighted by Gasteiger charge is 2.07.